The van der Waals surface area contributed by atoms with Crippen molar-refractivity contribution in [1.29, 1.82) is 0 Å². The van der Waals surface area contributed by atoms with Gasteiger partial charge in [0.05, 0.1) is 5.84 Å². The summed E-state index contributed by atoms with van der Waals surface area (Å²) in [7, 11) is 0. The van der Waals surface area contributed by atoms with E-state index in [0.717, 1.165) is 5.84 Å². The van der Waals surface area contributed by atoms with Gasteiger partial charge in [0.1, 0.15) is 12.3 Å². The highest BCUT2D eigenvalue weighted by atomic mass is 15.3. The Bertz CT molecular complexity index is 440. The van der Waals surface area contributed by atoms with Crippen molar-refractivity contribution < 1.29 is 0 Å². The van der Waals surface area contributed by atoms with Crippen LogP contribution in [0.25, 0.3) is 0 Å². The summed E-state index contributed by atoms with van der Waals surface area (Å²) >= 11 is 0. The Balaban J connectivity index is 2.18. The largest absolute Gasteiger partial charge is 0.355 e. The maximum atomic E-state index is 4.41. The first-order valence-electron chi connectivity index (χ1n) is 6.54. The van der Waals surface area contributed by atoms with E-state index < -0.39 is 0 Å². The van der Waals surface area contributed by atoms with Crippen LogP contribution in [-0.4, -0.2) is 12.0 Å². The van der Waals surface area contributed by atoms with Gasteiger partial charge in [-0.3, -0.25) is 10.3 Å². The number of hydrogen-bond acceptors (Lipinski definition) is 3. The first kappa shape index (κ1) is 13.1. The van der Waals surface area contributed by atoms with Crippen molar-refractivity contribution in [2.45, 2.75) is 52.4 Å². The molecule has 0 spiro atoms. The molecule has 98 valence electrons. The minimum absolute atomic E-state index is 0.159. The standard InChI is InChI=1S/C15H23N3/c1-10-16-11(2)18-14(17-10)12-6-8-13(9-7-12)15(3,4)5/h6-10,14,17H,1-5H3,(H,16,18). The number of nitrogens with zero attached hydrogens (tertiary/aromatic N) is 1. The van der Waals surface area contributed by atoms with Crippen LogP contribution in [0.3, 0.4) is 0 Å². The maximum absolute atomic E-state index is 4.41. The van der Waals surface area contributed by atoms with Crippen molar-refractivity contribution in [3.63, 3.8) is 0 Å². The molecule has 0 bridgehead atoms. The van der Waals surface area contributed by atoms with E-state index in [4.69, 9.17) is 0 Å². The van der Waals surface area contributed by atoms with Crippen LogP contribution in [0.15, 0.2) is 29.3 Å². The summed E-state index contributed by atoms with van der Waals surface area (Å²) in [5.41, 5.74) is 2.82. The molecule has 3 nitrogen and oxygen atoms in total. The molecule has 2 N–H and O–H groups in total. The summed E-state index contributed by atoms with van der Waals surface area (Å²) in [6, 6.07) is 8.81. The zero-order valence-corrected chi connectivity index (χ0v) is 11.9. The Morgan fingerprint density at radius 3 is 2.22 bits per heavy atom. The summed E-state index contributed by atoms with van der Waals surface area (Å²) in [6.07, 6.45) is 0.324. The molecule has 1 heterocycles. The highest BCUT2D eigenvalue weighted by molar-refractivity contribution is 5.80. The van der Waals surface area contributed by atoms with Crippen LogP contribution in [0.4, 0.5) is 0 Å². The van der Waals surface area contributed by atoms with E-state index in [1.54, 1.807) is 0 Å². The van der Waals surface area contributed by atoms with Gasteiger partial charge in [-0.25, -0.2) is 0 Å². The zero-order chi connectivity index (χ0) is 13.3. The third-order valence-corrected chi connectivity index (χ3v) is 3.26. The molecule has 1 aliphatic heterocycles. The Hall–Kier alpha value is -1.35. The SMILES string of the molecule is CC1=NC(C)NC(c2ccc(C(C)(C)C)cc2)N1. The van der Waals surface area contributed by atoms with Crippen molar-refractivity contribution in [3.8, 4) is 0 Å². The number of amidine groups is 1. The molecule has 1 aromatic carbocycles. The van der Waals surface area contributed by atoms with Crippen LogP contribution in [0.1, 0.15) is 51.9 Å². The number of benzene rings is 1. The molecule has 1 aliphatic rings. The number of nitrogens with one attached hydrogen (secondary N) is 2. The average molecular weight is 245 g/mol. The number of aliphatic imine (C=N–C) groups is 1. The molecule has 0 saturated carbocycles. The van der Waals surface area contributed by atoms with Gasteiger partial charge in [-0.15, -0.1) is 0 Å². The molecule has 0 amide bonds. The predicted octanol–water partition coefficient (Wildman–Crippen LogP) is 2.94. The van der Waals surface area contributed by atoms with Crippen molar-refractivity contribution in [2.75, 3.05) is 0 Å². The summed E-state index contributed by atoms with van der Waals surface area (Å²) in [5, 5.41) is 6.78. The first-order valence-corrected chi connectivity index (χ1v) is 6.54. The third kappa shape index (κ3) is 2.91. The number of hydrogen-bond donors (Lipinski definition) is 2. The lowest BCUT2D eigenvalue weighted by Gasteiger charge is -2.29. The first-order chi connectivity index (χ1) is 8.36. The average Bonchev–Trinajstić information content (AvgIpc) is 2.27. The Kier molecular flexibility index (Phi) is 3.44. The van der Waals surface area contributed by atoms with Gasteiger partial charge in [0.15, 0.2) is 0 Å². The summed E-state index contributed by atoms with van der Waals surface area (Å²) in [6.45, 7) is 10.8. The van der Waals surface area contributed by atoms with Crippen LogP contribution in [0.2, 0.25) is 0 Å². The van der Waals surface area contributed by atoms with Gasteiger partial charge in [-0.05, 0) is 30.4 Å². The summed E-state index contributed by atoms with van der Waals surface area (Å²) in [4.78, 5) is 4.41. The molecule has 0 radical (unpaired) electrons. The molecule has 1 aromatic rings. The molecule has 2 rings (SSSR count). The van der Waals surface area contributed by atoms with Crippen molar-refractivity contribution in [1.82, 2.24) is 10.6 Å². The van der Waals surface area contributed by atoms with E-state index in [2.05, 4.69) is 67.6 Å². The third-order valence-electron chi connectivity index (χ3n) is 3.26. The molecule has 2 unspecified atom stereocenters. The van der Waals surface area contributed by atoms with Crippen LogP contribution < -0.4 is 10.6 Å². The van der Waals surface area contributed by atoms with E-state index in [9.17, 15) is 0 Å². The highest BCUT2D eigenvalue weighted by Gasteiger charge is 2.19. The van der Waals surface area contributed by atoms with E-state index in [-0.39, 0.29) is 17.7 Å². The predicted molar refractivity (Wildman–Crippen MR) is 76.7 cm³/mol. The fraction of sp³-hybridized carbons (Fsp3) is 0.533. The monoisotopic (exact) mass is 245 g/mol. The van der Waals surface area contributed by atoms with Gasteiger partial charge in [0.2, 0.25) is 0 Å². The van der Waals surface area contributed by atoms with Gasteiger partial charge < -0.3 is 5.32 Å². The Labute approximate surface area is 110 Å². The second-order valence-corrected chi connectivity index (χ2v) is 6.01. The van der Waals surface area contributed by atoms with Gasteiger partial charge in [0.25, 0.3) is 0 Å². The molecule has 0 aromatic heterocycles. The van der Waals surface area contributed by atoms with Crippen LogP contribution in [0, 0.1) is 0 Å². The Morgan fingerprint density at radius 1 is 1.11 bits per heavy atom. The molecule has 18 heavy (non-hydrogen) atoms. The van der Waals surface area contributed by atoms with Gasteiger partial charge in [-0.1, -0.05) is 45.0 Å². The lowest BCUT2D eigenvalue weighted by molar-refractivity contribution is 0.417. The van der Waals surface area contributed by atoms with E-state index in [0.29, 0.717) is 0 Å². The van der Waals surface area contributed by atoms with Crippen molar-refractivity contribution >= 4 is 5.84 Å². The molecular formula is C15H23N3. The molecule has 0 aliphatic carbocycles. The van der Waals surface area contributed by atoms with E-state index in [1.165, 1.54) is 11.1 Å². The fourth-order valence-electron chi connectivity index (χ4n) is 2.21. The lowest BCUT2D eigenvalue weighted by Crippen LogP contribution is -2.46. The van der Waals surface area contributed by atoms with Crippen molar-refractivity contribution in [2.24, 2.45) is 4.99 Å². The summed E-state index contributed by atoms with van der Waals surface area (Å²) in [5.74, 6) is 0.992. The smallest absolute Gasteiger partial charge is 0.106 e. The highest BCUT2D eigenvalue weighted by Crippen LogP contribution is 2.24. The van der Waals surface area contributed by atoms with E-state index in [1.807, 2.05) is 6.92 Å². The molecule has 3 heteroatoms. The molecule has 0 fully saturated rings. The quantitative estimate of drug-likeness (QED) is 0.798. The minimum Gasteiger partial charge on any atom is -0.355 e. The Morgan fingerprint density at radius 2 is 1.72 bits per heavy atom. The maximum Gasteiger partial charge on any atom is 0.106 e. The topological polar surface area (TPSA) is 36.4 Å². The lowest BCUT2D eigenvalue weighted by atomic mass is 9.86. The van der Waals surface area contributed by atoms with Gasteiger partial charge in [0, 0.05) is 0 Å². The van der Waals surface area contributed by atoms with Crippen LogP contribution in [-0.2, 0) is 5.41 Å². The second-order valence-electron chi connectivity index (χ2n) is 6.01. The normalized spacial score (nSPS) is 24.4. The fourth-order valence-corrected chi connectivity index (χ4v) is 2.21. The van der Waals surface area contributed by atoms with Gasteiger partial charge in [-0.2, -0.15) is 0 Å². The molecular weight excluding hydrogens is 222 g/mol. The number of rotatable bonds is 1. The summed E-state index contributed by atoms with van der Waals surface area (Å²) < 4.78 is 0. The second kappa shape index (κ2) is 4.73. The minimum atomic E-state index is 0.159. The molecule has 2 atom stereocenters. The van der Waals surface area contributed by atoms with Gasteiger partial charge >= 0.3 is 0 Å². The van der Waals surface area contributed by atoms with Crippen molar-refractivity contribution in [3.05, 3.63) is 35.4 Å². The van der Waals surface area contributed by atoms with E-state index >= 15 is 0 Å². The molecule has 0 saturated heterocycles. The zero-order valence-electron chi connectivity index (χ0n) is 11.9. The van der Waals surface area contributed by atoms with Crippen LogP contribution >= 0.6 is 0 Å². The van der Waals surface area contributed by atoms with Crippen LogP contribution in [0.5, 0.6) is 0 Å².